The third-order valence-corrected chi connectivity index (χ3v) is 14.7. The predicted octanol–water partition coefficient (Wildman–Crippen LogP) is 1.85. The van der Waals surface area contributed by atoms with E-state index in [1.54, 1.807) is 58.4 Å². The van der Waals surface area contributed by atoms with Gasteiger partial charge in [0.25, 0.3) is 11.1 Å². The topological polar surface area (TPSA) is 337 Å². The van der Waals surface area contributed by atoms with Crippen molar-refractivity contribution in [3.8, 4) is 6.07 Å². The minimum absolute atomic E-state index is 0.0258. The van der Waals surface area contributed by atoms with Gasteiger partial charge in [-0.2, -0.15) is 27.0 Å². The molecule has 7 N–H and O–H groups in total. The van der Waals surface area contributed by atoms with Gasteiger partial charge in [0, 0.05) is 37.6 Å². The summed E-state index contributed by atoms with van der Waals surface area (Å²) in [4.78, 5) is 51.3. The summed E-state index contributed by atoms with van der Waals surface area (Å²) < 4.78 is 71.6. The zero-order valence-corrected chi connectivity index (χ0v) is 42.4. The SMILES string of the molecule is CN=CCCOP(OCCSCCOP(OCCC#N)OC[C@H]1O[C@@H](n2cnc3c(=O)[nH]c(N)nc32)[C@@H]2OB(c3ccccc3)O[C@@H]21)OC[C@@H]1CC(OB(O)c2ccccc2)[C@H](n2cnc3c(=O)[nH]c(N)nc32)O1. The van der Waals surface area contributed by atoms with Crippen LogP contribution in [0.15, 0.2) is 87.9 Å². The number of fused-ring (bicyclic) bond motifs is 3. The van der Waals surface area contributed by atoms with E-state index < -0.39 is 85.5 Å². The molecule has 9 atom stereocenters. The van der Waals surface area contributed by atoms with Gasteiger partial charge in [-0.3, -0.25) is 28.7 Å². The van der Waals surface area contributed by atoms with Crippen LogP contribution in [-0.2, 0) is 50.6 Å². The number of anilines is 2. The molecular weight excluding hydrogens is 1020 g/mol. The average Bonchev–Trinajstić information content (AvgIpc) is 4.25. The molecule has 390 valence electrons. The number of aromatic amines is 2. The molecule has 9 rings (SSSR count). The molecule has 4 aromatic heterocycles. The number of rotatable bonds is 27. The maximum atomic E-state index is 12.6. The largest absolute Gasteiger partial charge is 0.494 e. The zero-order valence-electron chi connectivity index (χ0n) is 39.8. The lowest BCUT2D eigenvalue weighted by molar-refractivity contribution is -0.0556. The first-order valence-corrected chi connectivity index (χ1v) is 26.7. The summed E-state index contributed by atoms with van der Waals surface area (Å²) in [5, 5.41) is 20.3. The molecule has 3 unspecified atom stereocenters. The molecule has 26 nitrogen and oxygen atoms in total. The van der Waals surface area contributed by atoms with Gasteiger partial charge < -0.3 is 72.1 Å². The molecule has 0 aliphatic carbocycles. The van der Waals surface area contributed by atoms with E-state index in [1.165, 1.54) is 12.7 Å². The zero-order chi connectivity index (χ0) is 51.4. The van der Waals surface area contributed by atoms with Crippen LogP contribution in [0.25, 0.3) is 22.3 Å². The van der Waals surface area contributed by atoms with Crippen molar-refractivity contribution < 1.29 is 55.6 Å². The normalized spacial score (nSPS) is 22.5. The number of nitrogen functional groups attached to an aromatic ring is 2. The van der Waals surface area contributed by atoms with Crippen molar-refractivity contribution in [3.05, 3.63) is 94.0 Å². The standard InChI is InChI=1S/C43H52B2N12O14P2S/c1-49-15-9-17-62-72(65-23-29-22-30(69-44(60)27-10-4-2-5-11-27)40(67-29)56-25-50-32-36(56)52-42(47)54-38(32)58)63-18-20-74-21-19-64-73(61-16-8-14-46)66-24-31-34-35(71-45(70-34)28-12-6-3-7-13-28)41(68-31)57-26-51-33-37(57)53-43(48)55-39(33)59/h2-7,10-13,15,25-26,29-31,34-35,40-41,60H,8-9,16-24H2,1H3,(H3,47,52,54,58)(H3,48,53,55,59)/t29-,30?,31+,34+,35+,40+,41+,72?,73?/m0/s1. The van der Waals surface area contributed by atoms with Gasteiger partial charge in [-0.1, -0.05) is 60.7 Å². The summed E-state index contributed by atoms with van der Waals surface area (Å²) in [6, 6.07) is 20.4. The Hall–Kier alpha value is -5.24. The fourth-order valence-electron chi connectivity index (χ4n) is 8.19. The van der Waals surface area contributed by atoms with Crippen molar-refractivity contribution in [2.24, 2.45) is 4.99 Å². The van der Waals surface area contributed by atoms with Crippen LogP contribution in [0.4, 0.5) is 11.9 Å². The third-order valence-electron chi connectivity index (χ3n) is 11.5. The highest BCUT2D eigenvalue weighted by molar-refractivity contribution is 7.99. The van der Waals surface area contributed by atoms with Gasteiger partial charge in [0.15, 0.2) is 34.8 Å². The number of hydrogen-bond donors (Lipinski definition) is 5. The number of H-pyrrole nitrogens is 2. The number of hydrogen-bond acceptors (Lipinski definition) is 23. The molecule has 0 saturated carbocycles. The van der Waals surface area contributed by atoms with E-state index in [0.717, 1.165) is 5.46 Å². The van der Waals surface area contributed by atoms with Crippen LogP contribution in [-0.4, -0.2) is 153 Å². The van der Waals surface area contributed by atoms with E-state index in [1.807, 2.05) is 36.4 Å². The highest BCUT2D eigenvalue weighted by atomic mass is 32.2. The number of aliphatic imine (C=N–C) groups is 1. The summed E-state index contributed by atoms with van der Waals surface area (Å²) in [7, 11) is -4.10. The summed E-state index contributed by atoms with van der Waals surface area (Å²) in [6.07, 6.45) is 0.614. The van der Waals surface area contributed by atoms with E-state index in [0.29, 0.717) is 30.0 Å². The lowest BCUT2D eigenvalue weighted by Crippen LogP contribution is -2.39. The van der Waals surface area contributed by atoms with Crippen LogP contribution < -0.4 is 33.5 Å². The highest BCUT2D eigenvalue weighted by Gasteiger charge is 2.55. The Morgan fingerprint density at radius 2 is 1.43 bits per heavy atom. The lowest BCUT2D eigenvalue weighted by atomic mass is 9.79. The molecule has 7 heterocycles. The first kappa shape index (κ1) is 53.6. The quantitative estimate of drug-likeness (QED) is 0.0213. The molecule has 74 heavy (non-hydrogen) atoms. The van der Waals surface area contributed by atoms with Crippen molar-refractivity contribution in [3.63, 3.8) is 0 Å². The first-order chi connectivity index (χ1) is 36.2. The van der Waals surface area contributed by atoms with Gasteiger partial charge in [0.1, 0.15) is 18.3 Å². The van der Waals surface area contributed by atoms with E-state index >= 15 is 0 Å². The number of nitrogens with two attached hydrogens (primary N) is 2. The van der Waals surface area contributed by atoms with Crippen LogP contribution in [0, 0.1) is 11.3 Å². The van der Waals surface area contributed by atoms with Gasteiger partial charge in [0.2, 0.25) is 11.9 Å². The minimum atomic E-state index is -1.94. The maximum Gasteiger partial charge on any atom is 0.494 e. The Labute approximate surface area is 430 Å². The molecule has 31 heteroatoms. The van der Waals surface area contributed by atoms with E-state index in [-0.39, 0.29) is 80.1 Å². The van der Waals surface area contributed by atoms with Crippen molar-refractivity contribution in [1.82, 2.24) is 39.0 Å². The molecule has 0 spiro atoms. The second-order valence-electron chi connectivity index (χ2n) is 16.5. The van der Waals surface area contributed by atoms with Crippen LogP contribution in [0.3, 0.4) is 0 Å². The highest BCUT2D eigenvalue weighted by Crippen LogP contribution is 2.45. The smallest absolute Gasteiger partial charge is 0.423 e. The van der Waals surface area contributed by atoms with Crippen LogP contribution in [0.1, 0.15) is 31.7 Å². The Morgan fingerprint density at radius 1 is 0.838 bits per heavy atom. The number of nitrogens with one attached hydrogen (secondary N) is 2. The minimum Gasteiger partial charge on any atom is -0.423 e. The number of nitriles is 1. The summed E-state index contributed by atoms with van der Waals surface area (Å²) >= 11 is 1.56. The third kappa shape index (κ3) is 13.2. The van der Waals surface area contributed by atoms with Crippen LogP contribution in [0.2, 0.25) is 0 Å². The maximum absolute atomic E-state index is 12.6. The number of imidazole rings is 2. The molecule has 0 amide bonds. The van der Waals surface area contributed by atoms with Crippen molar-refractivity contribution in [2.45, 2.75) is 62.2 Å². The van der Waals surface area contributed by atoms with Gasteiger partial charge in [-0.05, 0) is 10.9 Å². The number of ether oxygens (including phenoxy) is 2. The van der Waals surface area contributed by atoms with Gasteiger partial charge in [0.05, 0.1) is 77.0 Å². The second-order valence-corrected chi connectivity index (χ2v) is 20.2. The summed E-state index contributed by atoms with van der Waals surface area (Å²) in [5.74, 6) is 0.912. The molecule has 3 aliphatic rings. The molecule has 0 bridgehead atoms. The van der Waals surface area contributed by atoms with Crippen LogP contribution >= 0.6 is 29.0 Å². The Morgan fingerprint density at radius 3 is 2.08 bits per heavy atom. The second kappa shape index (κ2) is 26.0. The van der Waals surface area contributed by atoms with E-state index in [9.17, 15) is 19.9 Å². The molecule has 3 fully saturated rings. The van der Waals surface area contributed by atoms with Gasteiger partial charge in [-0.25, -0.2) is 9.97 Å². The predicted molar refractivity (Wildman–Crippen MR) is 274 cm³/mol. The van der Waals surface area contributed by atoms with Crippen LogP contribution in [0.5, 0.6) is 0 Å². The van der Waals surface area contributed by atoms with Crippen molar-refractivity contribution in [2.75, 3.05) is 69.7 Å². The summed E-state index contributed by atoms with van der Waals surface area (Å²) in [5.41, 5.74) is 12.7. The molecule has 2 aromatic carbocycles. The van der Waals surface area contributed by atoms with E-state index in [4.69, 9.17) is 62.0 Å². The van der Waals surface area contributed by atoms with E-state index in [2.05, 4.69) is 41.0 Å². The summed E-state index contributed by atoms with van der Waals surface area (Å²) in [6.45, 7) is 0.899. The Kier molecular flexibility index (Phi) is 18.8. The fourth-order valence-corrected chi connectivity index (χ4v) is 11.0. The fraction of sp³-hybridized carbons (Fsp3) is 0.442. The van der Waals surface area contributed by atoms with Gasteiger partial charge in [-0.15, -0.1) is 0 Å². The molecule has 3 aliphatic heterocycles. The lowest BCUT2D eigenvalue weighted by Gasteiger charge is -2.22. The number of aromatic nitrogens is 8. The Bertz CT molecular complexity index is 2970. The van der Waals surface area contributed by atoms with Gasteiger partial charge >= 0.3 is 31.4 Å². The Balaban J connectivity index is 0.776. The number of nitrogens with zero attached hydrogens (tertiary/aromatic N) is 8. The van der Waals surface area contributed by atoms with Crippen molar-refractivity contribution >= 4 is 94.6 Å². The number of thioether (sulfide) groups is 1. The first-order valence-electron chi connectivity index (χ1n) is 23.4. The monoisotopic (exact) mass is 1080 g/mol. The average molecular weight is 1080 g/mol. The molecule has 6 aromatic rings. The molecule has 0 radical (unpaired) electrons. The van der Waals surface area contributed by atoms with Crippen molar-refractivity contribution in [1.29, 1.82) is 5.26 Å². The molecule has 3 saturated heterocycles. The number of benzene rings is 2. The molecular formula is C43H52B2N12O14P2S.